The Morgan fingerprint density at radius 1 is 1.10 bits per heavy atom. The Morgan fingerprint density at radius 3 is 2.47 bits per heavy atom. The number of rotatable bonds is 4. The highest BCUT2D eigenvalue weighted by Gasteiger charge is 2.51. The Balaban J connectivity index is 1.67. The van der Waals surface area contributed by atoms with Gasteiger partial charge in [0.25, 0.3) is 0 Å². The lowest BCUT2D eigenvalue weighted by Gasteiger charge is -2.45. The van der Waals surface area contributed by atoms with Gasteiger partial charge in [0.2, 0.25) is 0 Å². The fourth-order valence-corrected chi connectivity index (χ4v) is 5.80. The zero-order valence-electron chi connectivity index (χ0n) is 16.9. The van der Waals surface area contributed by atoms with Gasteiger partial charge in [-0.05, 0) is 74.1 Å². The summed E-state index contributed by atoms with van der Waals surface area (Å²) in [6.07, 6.45) is 4.83. The fraction of sp³-hybridized carbons (Fsp3) is 0.333. The van der Waals surface area contributed by atoms with E-state index in [1.165, 1.54) is 7.11 Å². The van der Waals surface area contributed by atoms with Crippen LogP contribution in [0.15, 0.2) is 46.9 Å². The Hall–Kier alpha value is -2.11. The minimum atomic E-state index is -0.821. The number of Topliss-reactive ketones (excluding diaryl/α,β-unsaturated/α-hetero) is 1. The average Bonchev–Trinajstić information content (AvgIpc) is 3.00. The Labute approximate surface area is 189 Å². The van der Waals surface area contributed by atoms with Gasteiger partial charge in [0.1, 0.15) is 5.54 Å². The molecule has 0 radical (unpaired) electrons. The molecular weight excluding hydrogens is 466 g/mol. The van der Waals surface area contributed by atoms with Gasteiger partial charge in [-0.3, -0.25) is 4.79 Å². The number of anilines is 1. The van der Waals surface area contributed by atoms with Crippen LogP contribution in [0.1, 0.15) is 54.1 Å². The van der Waals surface area contributed by atoms with E-state index in [4.69, 9.17) is 16.3 Å². The molecule has 0 saturated heterocycles. The first-order chi connectivity index (χ1) is 14.3. The molecule has 0 aliphatic heterocycles. The third-order valence-electron chi connectivity index (χ3n) is 6.46. The van der Waals surface area contributed by atoms with Gasteiger partial charge in [0.05, 0.1) is 7.11 Å². The van der Waals surface area contributed by atoms with E-state index in [2.05, 4.69) is 27.3 Å². The number of hydrogen-bond acceptors (Lipinski definition) is 4. The number of ether oxygens (including phenoxy) is 1. The highest BCUT2D eigenvalue weighted by Crippen LogP contribution is 2.55. The molecule has 6 heteroatoms. The minimum absolute atomic E-state index is 0.0540. The molecule has 2 aromatic rings. The Kier molecular flexibility index (Phi) is 5.54. The number of carbonyl (C=O) groups excluding carboxylic acids is 2. The van der Waals surface area contributed by atoms with Crippen molar-refractivity contribution in [3.63, 3.8) is 0 Å². The SMILES string of the molecule is COC(=O)C1(Nc2cccc(Cl)c2)CCC2(CC1)C(Br)=Cc1ccc(C(C)=O)cc12. The monoisotopic (exact) mass is 487 g/mol. The largest absolute Gasteiger partial charge is 0.467 e. The molecule has 0 atom stereocenters. The lowest BCUT2D eigenvalue weighted by molar-refractivity contribution is -0.147. The second kappa shape index (κ2) is 7.86. The van der Waals surface area contributed by atoms with Crippen LogP contribution in [0, 0.1) is 0 Å². The predicted octanol–water partition coefficient (Wildman–Crippen LogP) is 6.13. The third-order valence-corrected chi connectivity index (χ3v) is 7.68. The van der Waals surface area contributed by atoms with Crippen LogP contribution in [0.4, 0.5) is 5.69 Å². The fourth-order valence-electron chi connectivity index (χ4n) is 4.75. The summed E-state index contributed by atoms with van der Waals surface area (Å²) in [5, 5.41) is 4.02. The van der Waals surface area contributed by atoms with Crippen LogP contribution in [0.2, 0.25) is 5.02 Å². The maximum absolute atomic E-state index is 12.9. The summed E-state index contributed by atoms with van der Waals surface area (Å²) in [7, 11) is 1.42. The predicted molar refractivity (Wildman–Crippen MR) is 123 cm³/mol. The summed E-state index contributed by atoms with van der Waals surface area (Å²) in [5.74, 6) is -0.216. The summed E-state index contributed by atoms with van der Waals surface area (Å²) in [5.41, 5.74) is 2.74. The van der Waals surface area contributed by atoms with Gasteiger partial charge in [0.15, 0.2) is 5.78 Å². The minimum Gasteiger partial charge on any atom is -0.467 e. The number of nitrogens with one attached hydrogen (secondary N) is 1. The van der Waals surface area contributed by atoms with Crippen molar-refractivity contribution in [3.8, 4) is 0 Å². The molecular formula is C24H23BrClNO3. The maximum Gasteiger partial charge on any atom is 0.331 e. The number of hydrogen-bond donors (Lipinski definition) is 1. The molecule has 2 aromatic carbocycles. The number of carbonyl (C=O) groups is 2. The molecule has 2 aliphatic rings. The van der Waals surface area contributed by atoms with E-state index >= 15 is 0 Å². The molecule has 1 saturated carbocycles. The van der Waals surface area contributed by atoms with Crippen LogP contribution >= 0.6 is 27.5 Å². The van der Waals surface area contributed by atoms with Gasteiger partial charge in [-0.1, -0.05) is 45.7 Å². The number of halogens is 2. The van der Waals surface area contributed by atoms with Gasteiger partial charge in [-0.15, -0.1) is 0 Å². The second-order valence-corrected chi connectivity index (χ2v) is 9.43. The summed E-state index contributed by atoms with van der Waals surface area (Å²) in [6, 6.07) is 13.3. The van der Waals surface area contributed by atoms with Crippen molar-refractivity contribution in [2.24, 2.45) is 0 Å². The molecule has 156 valence electrons. The topological polar surface area (TPSA) is 55.4 Å². The van der Waals surface area contributed by atoms with E-state index in [0.717, 1.165) is 34.1 Å². The van der Waals surface area contributed by atoms with Crippen molar-refractivity contribution in [3.05, 3.63) is 68.7 Å². The zero-order chi connectivity index (χ0) is 21.5. The average molecular weight is 489 g/mol. The highest BCUT2D eigenvalue weighted by molar-refractivity contribution is 9.11. The van der Waals surface area contributed by atoms with Crippen LogP contribution in [-0.2, 0) is 14.9 Å². The van der Waals surface area contributed by atoms with Crippen molar-refractivity contribution >= 4 is 51.0 Å². The zero-order valence-corrected chi connectivity index (χ0v) is 19.3. The van der Waals surface area contributed by atoms with Gasteiger partial charge < -0.3 is 10.1 Å². The van der Waals surface area contributed by atoms with Gasteiger partial charge in [0, 0.05) is 26.2 Å². The molecule has 1 N–H and O–H groups in total. The summed E-state index contributed by atoms with van der Waals surface area (Å²) in [6.45, 7) is 1.59. The number of methoxy groups -OCH3 is 1. The molecule has 0 unspecified atom stereocenters. The van der Waals surface area contributed by atoms with Crippen molar-refractivity contribution in [1.82, 2.24) is 0 Å². The quantitative estimate of drug-likeness (QED) is 0.416. The standard InChI is InChI=1S/C24H23BrClNO3/c1-15(28)16-6-7-17-13-21(25)23(20(17)12-16)8-10-24(11-9-23,22(29)30-2)27-19-5-3-4-18(26)14-19/h3-7,12-14,27H,8-11H2,1-2H3. The van der Waals surface area contributed by atoms with E-state index in [0.29, 0.717) is 23.4 Å². The highest BCUT2D eigenvalue weighted by atomic mass is 79.9. The molecule has 0 aromatic heterocycles. The summed E-state index contributed by atoms with van der Waals surface area (Å²) in [4.78, 5) is 24.8. The number of ketones is 1. The lowest BCUT2D eigenvalue weighted by atomic mass is 9.65. The number of esters is 1. The summed E-state index contributed by atoms with van der Waals surface area (Å²) < 4.78 is 6.29. The normalized spacial score (nSPS) is 24.9. The molecule has 4 nitrogen and oxygen atoms in total. The van der Waals surface area contributed by atoms with Crippen molar-refractivity contribution in [2.75, 3.05) is 12.4 Å². The molecule has 2 aliphatic carbocycles. The first-order valence-electron chi connectivity index (χ1n) is 9.95. The molecule has 0 amide bonds. The third kappa shape index (κ3) is 3.48. The van der Waals surface area contributed by atoms with Gasteiger partial charge >= 0.3 is 5.97 Å². The van der Waals surface area contributed by atoms with E-state index in [-0.39, 0.29) is 17.2 Å². The van der Waals surface area contributed by atoms with Crippen molar-refractivity contribution in [2.45, 2.75) is 43.6 Å². The van der Waals surface area contributed by atoms with Crippen LogP contribution in [0.25, 0.3) is 6.08 Å². The first-order valence-corrected chi connectivity index (χ1v) is 11.1. The van der Waals surface area contributed by atoms with Crippen LogP contribution in [0.3, 0.4) is 0 Å². The van der Waals surface area contributed by atoms with E-state index in [9.17, 15) is 9.59 Å². The maximum atomic E-state index is 12.9. The Bertz CT molecular complexity index is 1050. The molecule has 1 spiro atoms. The molecule has 4 rings (SSSR count). The molecule has 0 bridgehead atoms. The summed E-state index contributed by atoms with van der Waals surface area (Å²) >= 11 is 9.93. The second-order valence-electron chi connectivity index (χ2n) is 8.14. The van der Waals surface area contributed by atoms with Crippen LogP contribution in [0.5, 0.6) is 0 Å². The van der Waals surface area contributed by atoms with E-state index < -0.39 is 5.54 Å². The number of allylic oxidation sites excluding steroid dienone is 1. The molecule has 1 fully saturated rings. The van der Waals surface area contributed by atoms with E-state index in [1.807, 2.05) is 36.4 Å². The van der Waals surface area contributed by atoms with Crippen LogP contribution < -0.4 is 5.32 Å². The number of fused-ring (bicyclic) bond motifs is 2. The van der Waals surface area contributed by atoms with E-state index in [1.54, 1.807) is 13.0 Å². The van der Waals surface area contributed by atoms with Crippen molar-refractivity contribution in [1.29, 1.82) is 0 Å². The smallest absolute Gasteiger partial charge is 0.331 e. The number of benzene rings is 2. The molecule has 0 heterocycles. The van der Waals surface area contributed by atoms with Crippen molar-refractivity contribution < 1.29 is 14.3 Å². The van der Waals surface area contributed by atoms with Gasteiger partial charge in [-0.25, -0.2) is 4.79 Å². The molecule has 30 heavy (non-hydrogen) atoms. The van der Waals surface area contributed by atoms with Crippen LogP contribution in [-0.4, -0.2) is 24.4 Å². The lowest BCUT2D eigenvalue weighted by Crippen LogP contribution is -2.52. The van der Waals surface area contributed by atoms with Gasteiger partial charge in [-0.2, -0.15) is 0 Å². The Morgan fingerprint density at radius 2 is 1.83 bits per heavy atom. The first kappa shape index (κ1) is 21.1.